The highest BCUT2D eigenvalue weighted by atomic mass is 16.5. The van der Waals surface area contributed by atoms with Crippen LogP contribution in [0.4, 0.5) is 0 Å². The van der Waals surface area contributed by atoms with Gasteiger partial charge in [0.05, 0.1) is 20.3 Å². The molecule has 0 heterocycles. The summed E-state index contributed by atoms with van der Waals surface area (Å²) in [7, 11) is 2.87. The number of rotatable bonds is 4. The van der Waals surface area contributed by atoms with Crippen LogP contribution in [-0.4, -0.2) is 31.2 Å². The molecule has 0 bridgehead atoms. The van der Waals surface area contributed by atoms with Crippen molar-refractivity contribution < 1.29 is 19.4 Å². The fourth-order valence-electron chi connectivity index (χ4n) is 1.33. The number of benzene rings is 1. The molecule has 0 aliphatic heterocycles. The van der Waals surface area contributed by atoms with Crippen LogP contribution in [0.5, 0.6) is 17.2 Å². The molecule has 0 aliphatic carbocycles. The summed E-state index contributed by atoms with van der Waals surface area (Å²) in [5.74, 6) is 0.0882. The number of aromatic hydroxyl groups is 1. The zero-order chi connectivity index (χ0) is 12.3. The van der Waals surface area contributed by atoms with Crippen molar-refractivity contribution in [3.05, 3.63) is 17.7 Å². The standard InChI is InChI=1S/C11H15NO4/c1-6(12)11(14)10-8(13)4-7(15-2)5-9(10)16-3/h4-6,13H,12H2,1-3H3. The number of hydrogen-bond donors (Lipinski definition) is 2. The Hall–Kier alpha value is -1.75. The van der Waals surface area contributed by atoms with E-state index < -0.39 is 6.04 Å². The molecule has 5 nitrogen and oxygen atoms in total. The maximum atomic E-state index is 11.7. The first-order valence-electron chi connectivity index (χ1n) is 4.76. The van der Waals surface area contributed by atoms with Gasteiger partial charge < -0.3 is 20.3 Å². The van der Waals surface area contributed by atoms with Gasteiger partial charge in [-0.05, 0) is 6.92 Å². The fraction of sp³-hybridized carbons (Fsp3) is 0.364. The van der Waals surface area contributed by atoms with Gasteiger partial charge in [-0.2, -0.15) is 0 Å². The second-order valence-electron chi connectivity index (χ2n) is 3.38. The van der Waals surface area contributed by atoms with Gasteiger partial charge >= 0.3 is 0 Å². The maximum absolute atomic E-state index is 11.7. The second-order valence-corrected chi connectivity index (χ2v) is 3.38. The van der Waals surface area contributed by atoms with Gasteiger partial charge in [-0.1, -0.05) is 0 Å². The zero-order valence-electron chi connectivity index (χ0n) is 9.48. The number of ketones is 1. The molecule has 0 amide bonds. The van der Waals surface area contributed by atoms with E-state index in [1.54, 1.807) is 6.92 Å². The summed E-state index contributed by atoms with van der Waals surface area (Å²) in [6, 6.07) is 2.17. The summed E-state index contributed by atoms with van der Waals surface area (Å²) >= 11 is 0. The summed E-state index contributed by atoms with van der Waals surface area (Å²) in [4.78, 5) is 11.7. The number of methoxy groups -OCH3 is 2. The minimum Gasteiger partial charge on any atom is -0.507 e. The van der Waals surface area contributed by atoms with Crippen molar-refractivity contribution in [1.82, 2.24) is 0 Å². The van der Waals surface area contributed by atoms with Crippen LogP contribution in [0.15, 0.2) is 12.1 Å². The SMILES string of the molecule is COc1cc(O)c(C(=O)C(C)N)c(OC)c1. The predicted octanol–water partition coefficient (Wildman–Crippen LogP) is 0.939. The molecule has 1 aromatic carbocycles. The van der Waals surface area contributed by atoms with E-state index in [0.717, 1.165) is 0 Å². The summed E-state index contributed by atoms with van der Waals surface area (Å²) in [6.07, 6.45) is 0. The molecule has 3 N–H and O–H groups in total. The number of phenolic OH excluding ortho intramolecular Hbond substituents is 1. The van der Waals surface area contributed by atoms with E-state index in [1.807, 2.05) is 0 Å². The fourth-order valence-corrected chi connectivity index (χ4v) is 1.33. The normalized spacial score (nSPS) is 12.0. The van der Waals surface area contributed by atoms with Crippen molar-refractivity contribution in [2.75, 3.05) is 14.2 Å². The first-order valence-corrected chi connectivity index (χ1v) is 4.76. The van der Waals surface area contributed by atoms with Gasteiger partial charge in [-0.15, -0.1) is 0 Å². The van der Waals surface area contributed by atoms with Gasteiger partial charge in [0.25, 0.3) is 0 Å². The van der Waals surface area contributed by atoms with Crippen molar-refractivity contribution in [2.45, 2.75) is 13.0 Å². The Balaban J connectivity index is 3.32. The molecule has 88 valence electrons. The van der Waals surface area contributed by atoms with Crippen LogP contribution >= 0.6 is 0 Å². The molecule has 0 aromatic heterocycles. The molecule has 5 heteroatoms. The quantitative estimate of drug-likeness (QED) is 0.745. The first-order chi connectivity index (χ1) is 7.51. The van der Waals surface area contributed by atoms with Crippen molar-refractivity contribution >= 4 is 5.78 Å². The molecular weight excluding hydrogens is 210 g/mol. The number of carbonyl (C=O) groups is 1. The lowest BCUT2D eigenvalue weighted by Gasteiger charge is -2.13. The van der Waals surface area contributed by atoms with Crippen molar-refractivity contribution in [2.24, 2.45) is 5.73 Å². The highest BCUT2D eigenvalue weighted by molar-refractivity contribution is 6.04. The molecule has 16 heavy (non-hydrogen) atoms. The van der Waals surface area contributed by atoms with E-state index in [2.05, 4.69) is 0 Å². The lowest BCUT2D eigenvalue weighted by Crippen LogP contribution is -2.27. The summed E-state index contributed by atoms with van der Waals surface area (Å²) in [6.45, 7) is 1.55. The van der Waals surface area contributed by atoms with Crippen LogP contribution in [0, 0.1) is 0 Å². The largest absolute Gasteiger partial charge is 0.507 e. The average molecular weight is 225 g/mol. The van der Waals surface area contributed by atoms with Crippen LogP contribution < -0.4 is 15.2 Å². The zero-order valence-corrected chi connectivity index (χ0v) is 9.48. The van der Waals surface area contributed by atoms with Crippen molar-refractivity contribution in [1.29, 1.82) is 0 Å². The van der Waals surface area contributed by atoms with E-state index in [9.17, 15) is 9.90 Å². The Kier molecular flexibility index (Phi) is 3.73. The molecule has 0 aliphatic rings. The number of Topliss-reactive ketones (excluding diaryl/α,β-unsaturated/α-hetero) is 1. The Morgan fingerprint density at radius 3 is 2.44 bits per heavy atom. The number of hydrogen-bond acceptors (Lipinski definition) is 5. The maximum Gasteiger partial charge on any atom is 0.186 e. The van der Waals surface area contributed by atoms with Gasteiger partial charge in [-0.3, -0.25) is 4.79 Å². The number of carbonyl (C=O) groups excluding carboxylic acids is 1. The lowest BCUT2D eigenvalue weighted by molar-refractivity contribution is 0.0962. The number of ether oxygens (including phenoxy) is 2. The van der Waals surface area contributed by atoms with E-state index in [0.29, 0.717) is 5.75 Å². The summed E-state index contributed by atoms with van der Waals surface area (Å²) in [5.41, 5.74) is 5.57. The molecule has 1 rings (SSSR count). The first kappa shape index (κ1) is 12.3. The van der Waals surface area contributed by atoms with Gasteiger partial charge in [0.1, 0.15) is 22.8 Å². The third-order valence-electron chi connectivity index (χ3n) is 2.17. The molecule has 1 aromatic rings. The molecular formula is C11H15NO4. The number of phenols is 1. The highest BCUT2D eigenvalue weighted by Crippen LogP contribution is 2.33. The summed E-state index contributed by atoms with van der Waals surface area (Å²) < 4.78 is 9.97. The Morgan fingerprint density at radius 1 is 1.38 bits per heavy atom. The van der Waals surface area contributed by atoms with Gasteiger partial charge in [0.2, 0.25) is 0 Å². The molecule has 0 spiro atoms. The van der Waals surface area contributed by atoms with Gasteiger partial charge in [0.15, 0.2) is 5.78 Å². The minimum absolute atomic E-state index is 0.0818. The topological polar surface area (TPSA) is 81.8 Å². The van der Waals surface area contributed by atoms with Crippen LogP contribution in [0.1, 0.15) is 17.3 Å². The molecule has 0 radical (unpaired) electrons. The molecule has 0 saturated carbocycles. The van der Waals surface area contributed by atoms with Crippen LogP contribution in [0.25, 0.3) is 0 Å². The molecule has 0 fully saturated rings. The van der Waals surface area contributed by atoms with Gasteiger partial charge in [-0.25, -0.2) is 0 Å². The second kappa shape index (κ2) is 4.85. The smallest absolute Gasteiger partial charge is 0.186 e. The average Bonchev–Trinajstić information content (AvgIpc) is 2.26. The van der Waals surface area contributed by atoms with E-state index in [4.69, 9.17) is 15.2 Å². The summed E-state index contributed by atoms with van der Waals surface area (Å²) in [5, 5.41) is 9.72. The Labute approximate surface area is 93.8 Å². The van der Waals surface area contributed by atoms with E-state index >= 15 is 0 Å². The van der Waals surface area contributed by atoms with Crippen LogP contribution in [-0.2, 0) is 0 Å². The van der Waals surface area contributed by atoms with Crippen molar-refractivity contribution in [3.63, 3.8) is 0 Å². The number of nitrogens with two attached hydrogens (primary N) is 1. The van der Waals surface area contributed by atoms with E-state index in [1.165, 1.54) is 26.4 Å². The highest BCUT2D eigenvalue weighted by Gasteiger charge is 2.21. The van der Waals surface area contributed by atoms with E-state index in [-0.39, 0.29) is 22.8 Å². The van der Waals surface area contributed by atoms with Gasteiger partial charge in [0, 0.05) is 12.1 Å². The Bertz CT molecular complexity index is 401. The predicted molar refractivity (Wildman–Crippen MR) is 59.2 cm³/mol. The minimum atomic E-state index is -0.701. The van der Waals surface area contributed by atoms with Crippen LogP contribution in [0.3, 0.4) is 0 Å². The monoisotopic (exact) mass is 225 g/mol. The lowest BCUT2D eigenvalue weighted by atomic mass is 10.0. The third kappa shape index (κ3) is 2.25. The molecule has 0 saturated heterocycles. The van der Waals surface area contributed by atoms with Crippen LogP contribution in [0.2, 0.25) is 0 Å². The Morgan fingerprint density at radius 2 is 2.00 bits per heavy atom. The van der Waals surface area contributed by atoms with Crippen molar-refractivity contribution in [3.8, 4) is 17.2 Å². The molecule has 1 atom stereocenters. The molecule has 1 unspecified atom stereocenters. The third-order valence-corrected chi connectivity index (χ3v) is 2.17.